The van der Waals surface area contributed by atoms with Crippen LogP contribution in [-0.4, -0.2) is 24.6 Å². The molecule has 0 aromatic heterocycles. The van der Waals surface area contributed by atoms with Crippen molar-refractivity contribution in [3.8, 4) is 5.75 Å². The van der Waals surface area contributed by atoms with E-state index in [0.717, 1.165) is 0 Å². The minimum Gasteiger partial charge on any atom is -0.449 e. The average molecular weight is 404 g/mol. The number of ether oxygens (including phenoxy) is 2. The Bertz CT molecular complexity index is 817. The molecule has 138 valence electrons. The molecule has 0 aliphatic heterocycles. The average Bonchev–Trinajstić information content (AvgIpc) is 2.55. The number of esters is 1. The number of para-hydroxylation sites is 2. The summed E-state index contributed by atoms with van der Waals surface area (Å²) in [5, 5.41) is 2.78. The molecular formula is C17H13Cl2F2NO4. The molecule has 0 bridgehead atoms. The maximum absolute atomic E-state index is 12.4. The van der Waals surface area contributed by atoms with Crippen LogP contribution in [0.3, 0.4) is 0 Å². The molecule has 0 unspecified atom stereocenters. The molecule has 1 amide bonds. The van der Waals surface area contributed by atoms with Crippen LogP contribution in [0.4, 0.5) is 14.5 Å². The number of rotatable bonds is 6. The highest BCUT2D eigenvalue weighted by atomic mass is 35.5. The number of anilines is 1. The third-order valence-corrected chi connectivity index (χ3v) is 3.71. The highest BCUT2D eigenvalue weighted by Crippen LogP contribution is 2.26. The Kier molecular flexibility index (Phi) is 6.76. The Hall–Kier alpha value is -2.38. The van der Waals surface area contributed by atoms with E-state index >= 15 is 0 Å². The van der Waals surface area contributed by atoms with Crippen molar-refractivity contribution in [3.05, 3.63) is 58.1 Å². The molecule has 0 radical (unpaired) electrons. The lowest BCUT2D eigenvalue weighted by Gasteiger charge is -2.16. The Morgan fingerprint density at radius 1 is 1.12 bits per heavy atom. The summed E-state index contributed by atoms with van der Waals surface area (Å²) in [5.41, 5.74) is 0.0578. The summed E-state index contributed by atoms with van der Waals surface area (Å²) in [6.45, 7) is -1.72. The summed E-state index contributed by atoms with van der Waals surface area (Å²) in [5.74, 6) is -1.77. The van der Waals surface area contributed by atoms with Crippen molar-refractivity contribution in [3.63, 3.8) is 0 Å². The highest BCUT2D eigenvalue weighted by molar-refractivity contribution is 6.36. The third-order valence-electron chi connectivity index (χ3n) is 3.17. The molecule has 2 aromatic rings. The number of benzene rings is 2. The first-order valence-electron chi connectivity index (χ1n) is 7.28. The van der Waals surface area contributed by atoms with Gasteiger partial charge < -0.3 is 14.8 Å². The summed E-state index contributed by atoms with van der Waals surface area (Å²) < 4.78 is 34.2. The standard InChI is InChI=1S/C17H13Cl2F2NO4/c1-9(25-16(24)11-7-6-10(18)8-12(11)19)15(23)22-13-4-2-3-5-14(13)26-17(20)21/h2-9,17H,1H3,(H,22,23)/t9-/m0/s1. The summed E-state index contributed by atoms with van der Waals surface area (Å²) in [6, 6.07) is 9.82. The fourth-order valence-electron chi connectivity index (χ4n) is 1.94. The molecule has 0 saturated heterocycles. The normalized spacial score (nSPS) is 11.8. The molecule has 26 heavy (non-hydrogen) atoms. The largest absolute Gasteiger partial charge is 0.449 e. The van der Waals surface area contributed by atoms with Gasteiger partial charge in [0.2, 0.25) is 0 Å². The lowest BCUT2D eigenvalue weighted by Crippen LogP contribution is -2.30. The summed E-state index contributed by atoms with van der Waals surface area (Å²) in [4.78, 5) is 24.3. The lowest BCUT2D eigenvalue weighted by molar-refractivity contribution is -0.123. The molecule has 0 fully saturated rings. The number of alkyl halides is 2. The molecule has 2 rings (SSSR count). The van der Waals surface area contributed by atoms with E-state index in [0.29, 0.717) is 5.02 Å². The van der Waals surface area contributed by atoms with E-state index in [1.165, 1.54) is 49.4 Å². The second kappa shape index (κ2) is 8.82. The SMILES string of the molecule is C[C@H](OC(=O)c1ccc(Cl)cc1Cl)C(=O)Nc1ccccc1OC(F)F. The van der Waals surface area contributed by atoms with E-state index in [9.17, 15) is 18.4 Å². The first kappa shape index (κ1) is 19.9. The first-order chi connectivity index (χ1) is 12.3. The number of carbonyl (C=O) groups excluding carboxylic acids is 2. The van der Waals surface area contributed by atoms with E-state index < -0.39 is 24.6 Å². The fraction of sp³-hybridized carbons (Fsp3) is 0.176. The van der Waals surface area contributed by atoms with Gasteiger partial charge in [-0.2, -0.15) is 8.78 Å². The van der Waals surface area contributed by atoms with Crippen LogP contribution in [0.25, 0.3) is 0 Å². The quantitative estimate of drug-likeness (QED) is 0.704. The third kappa shape index (κ3) is 5.31. The molecule has 1 atom stereocenters. The molecule has 0 spiro atoms. The van der Waals surface area contributed by atoms with Crippen LogP contribution < -0.4 is 10.1 Å². The van der Waals surface area contributed by atoms with Crippen molar-refractivity contribution >= 4 is 40.8 Å². The fourth-order valence-corrected chi connectivity index (χ4v) is 2.42. The number of halogens is 4. The minimum absolute atomic E-state index is 0.0187. The Morgan fingerprint density at radius 3 is 2.46 bits per heavy atom. The van der Waals surface area contributed by atoms with Crippen LogP contribution in [0.2, 0.25) is 10.0 Å². The Morgan fingerprint density at radius 2 is 1.81 bits per heavy atom. The predicted molar refractivity (Wildman–Crippen MR) is 93.0 cm³/mol. The topological polar surface area (TPSA) is 64.6 Å². The molecular weight excluding hydrogens is 391 g/mol. The maximum Gasteiger partial charge on any atom is 0.387 e. The first-order valence-corrected chi connectivity index (χ1v) is 8.04. The van der Waals surface area contributed by atoms with Gasteiger partial charge in [0.25, 0.3) is 5.91 Å². The zero-order chi connectivity index (χ0) is 19.3. The smallest absolute Gasteiger partial charge is 0.387 e. The van der Waals surface area contributed by atoms with Gasteiger partial charge in [-0.05, 0) is 37.3 Å². The highest BCUT2D eigenvalue weighted by Gasteiger charge is 2.22. The van der Waals surface area contributed by atoms with Gasteiger partial charge >= 0.3 is 12.6 Å². The van der Waals surface area contributed by atoms with Gasteiger partial charge in [0, 0.05) is 5.02 Å². The molecule has 9 heteroatoms. The summed E-state index contributed by atoms with van der Waals surface area (Å²) in [7, 11) is 0. The Labute approximate surface area is 157 Å². The van der Waals surface area contributed by atoms with Crippen molar-refractivity contribution < 1.29 is 27.8 Å². The zero-order valence-corrected chi connectivity index (χ0v) is 14.9. The van der Waals surface area contributed by atoms with Gasteiger partial charge in [-0.15, -0.1) is 0 Å². The van der Waals surface area contributed by atoms with Crippen molar-refractivity contribution in [2.45, 2.75) is 19.6 Å². The van der Waals surface area contributed by atoms with E-state index in [2.05, 4.69) is 10.1 Å². The summed E-state index contributed by atoms with van der Waals surface area (Å²) >= 11 is 11.7. The zero-order valence-electron chi connectivity index (χ0n) is 13.3. The molecule has 1 N–H and O–H groups in total. The van der Waals surface area contributed by atoms with Crippen molar-refractivity contribution in [1.29, 1.82) is 0 Å². The van der Waals surface area contributed by atoms with E-state index in [1.54, 1.807) is 0 Å². The summed E-state index contributed by atoms with van der Waals surface area (Å²) in [6.07, 6.45) is -1.21. The second-order valence-corrected chi connectivity index (χ2v) is 5.88. The molecule has 0 aliphatic carbocycles. The number of amides is 1. The van der Waals surface area contributed by atoms with Crippen LogP contribution in [0, 0.1) is 0 Å². The van der Waals surface area contributed by atoms with Crippen LogP contribution in [0.15, 0.2) is 42.5 Å². The molecule has 0 heterocycles. The minimum atomic E-state index is -3.05. The molecule has 0 aliphatic rings. The van der Waals surface area contributed by atoms with Gasteiger partial charge in [0.15, 0.2) is 6.10 Å². The number of carbonyl (C=O) groups is 2. The number of hydrogen-bond acceptors (Lipinski definition) is 4. The molecule has 0 saturated carbocycles. The van der Waals surface area contributed by atoms with Gasteiger partial charge in [-0.1, -0.05) is 35.3 Å². The predicted octanol–water partition coefficient (Wildman–Crippen LogP) is 4.78. The van der Waals surface area contributed by atoms with Crippen molar-refractivity contribution in [2.24, 2.45) is 0 Å². The van der Waals surface area contributed by atoms with Gasteiger partial charge in [0.05, 0.1) is 16.3 Å². The van der Waals surface area contributed by atoms with Crippen LogP contribution in [0.5, 0.6) is 5.75 Å². The second-order valence-electron chi connectivity index (χ2n) is 5.04. The monoisotopic (exact) mass is 403 g/mol. The number of hydrogen-bond donors (Lipinski definition) is 1. The van der Waals surface area contributed by atoms with E-state index in [4.69, 9.17) is 27.9 Å². The van der Waals surface area contributed by atoms with Crippen LogP contribution in [0.1, 0.15) is 17.3 Å². The lowest BCUT2D eigenvalue weighted by atomic mass is 10.2. The van der Waals surface area contributed by atoms with Crippen molar-refractivity contribution in [1.82, 2.24) is 0 Å². The van der Waals surface area contributed by atoms with Gasteiger partial charge in [0.1, 0.15) is 5.75 Å². The van der Waals surface area contributed by atoms with Crippen LogP contribution >= 0.6 is 23.2 Å². The van der Waals surface area contributed by atoms with Gasteiger partial charge in [-0.3, -0.25) is 4.79 Å². The molecule has 2 aromatic carbocycles. The number of nitrogens with one attached hydrogen (secondary N) is 1. The van der Waals surface area contributed by atoms with Crippen LogP contribution in [-0.2, 0) is 9.53 Å². The Balaban J connectivity index is 2.05. The van der Waals surface area contributed by atoms with E-state index in [1.807, 2.05) is 0 Å². The molecule has 5 nitrogen and oxygen atoms in total. The van der Waals surface area contributed by atoms with Crippen molar-refractivity contribution in [2.75, 3.05) is 5.32 Å². The van der Waals surface area contributed by atoms with Gasteiger partial charge in [-0.25, -0.2) is 4.79 Å². The maximum atomic E-state index is 12.4. The van der Waals surface area contributed by atoms with E-state index in [-0.39, 0.29) is 22.0 Å².